The molecule has 1 aromatic rings. The summed E-state index contributed by atoms with van der Waals surface area (Å²) in [7, 11) is -3.62. The van der Waals surface area contributed by atoms with Crippen LogP contribution < -0.4 is 4.72 Å². The Morgan fingerprint density at radius 2 is 1.81 bits per heavy atom. The lowest BCUT2D eigenvalue weighted by Crippen LogP contribution is -2.41. The van der Waals surface area contributed by atoms with Gasteiger partial charge in [0.2, 0.25) is 10.0 Å². The molecule has 0 heterocycles. The number of sulfonamides is 1. The van der Waals surface area contributed by atoms with Crippen molar-refractivity contribution in [2.75, 3.05) is 13.2 Å². The van der Waals surface area contributed by atoms with Gasteiger partial charge in [-0.25, -0.2) is 13.1 Å². The van der Waals surface area contributed by atoms with Gasteiger partial charge in [-0.15, -0.1) is 0 Å². The first-order valence-electron chi connectivity index (χ1n) is 6.99. The Bertz CT molecular complexity index is 564. The number of nitrogens with one attached hydrogen (secondary N) is 1. The highest BCUT2D eigenvalue weighted by atomic mass is 32.2. The van der Waals surface area contributed by atoms with E-state index in [4.69, 9.17) is 4.74 Å². The number of rotatable bonds is 8. The van der Waals surface area contributed by atoms with Crippen molar-refractivity contribution in [2.24, 2.45) is 5.92 Å². The van der Waals surface area contributed by atoms with E-state index < -0.39 is 10.0 Å². The average molecular weight is 313 g/mol. The van der Waals surface area contributed by atoms with Crippen molar-refractivity contribution in [1.82, 2.24) is 4.72 Å². The summed E-state index contributed by atoms with van der Waals surface area (Å²) in [6.45, 7) is 8.05. The zero-order valence-corrected chi connectivity index (χ0v) is 13.7. The summed E-state index contributed by atoms with van der Waals surface area (Å²) in [6.07, 6.45) is 0. The zero-order valence-electron chi connectivity index (χ0n) is 12.9. The van der Waals surface area contributed by atoms with Gasteiger partial charge in [0.25, 0.3) is 0 Å². The molecule has 0 saturated carbocycles. The summed E-state index contributed by atoms with van der Waals surface area (Å²) < 4.78 is 32.7. The van der Waals surface area contributed by atoms with Crippen LogP contribution >= 0.6 is 0 Å². The minimum Gasteiger partial charge on any atom is -0.380 e. The molecule has 0 bridgehead atoms. The molecule has 0 spiro atoms. The van der Waals surface area contributed by atoms with Crippen LogP contribution in [0.15, 0.2) is 29.2 Å². The topological polar surface area (TPSA) is 72.5 Å². The lowest BCUT2D eigenvalue weighted by Gasteiger charge is -2.22. The molecule has 0 fully saturated rings. The molecule has 0 aliphatic rings. The minimum absolute atomic E-state index is 0.0942. The van der Waals surface area contributed by atoms with Crippen molar-refractivity contribution in [3.8, 4) is 0 Å². The van der Waals surface area contributed by atoms with Crippen LogP contribution in [0, 0.1) is 5.92 Å². The third-order valence-electron chi connectivity index (χ3n) is 3.18. The van der Waals surface area contributed by atoms with Crippen LogP contribution in [-0.2, 0) is 14.8 Å². The fourth-order valence-corrected chi connectivity index (χ4v) is 3.11. The number of hydrogen-bond acceptors (Lipinski definition) is 4. The van der Waals surface area contributed by atoms with Gasteiger partial charge in [-0.2, -0.15) is 0 Å². The van der Waals surface area contributed by atoms with E-state index in [1.54, 1.807) is 0 Å². The highest BCUT2D eigenvalue weighted by Gasteiger charge is 2.22. The molecule has 6 heteroatoms. The Kier molecular flexibility index (Phi) is 6.51. The van der Waals surface area contributed by atoms with Gasteiger partial charge in [0.1, 0.15) is 0 Å². The number of ketones is 1. The number of hydrogen-bond donors (Lipinski definition) is 1. The Morgan fingerprint density at radius 3 is 2.24 bits per heavy atom. The van der Waals surface area contributed by atoms with Crippen molar-refractivity contribution < 1.29 is 17.9 Å². The van der Waals surface area contributed by atoms with Gasteiger partial charge in [-0.3, -0.25) is 4.79 Å². The van der Waals surface area contributed by atoms with Crippen LogP contribution in [0.3, 0.4) is 0 Å². The van der Waals surface area contributed by atoms with E-state index in [9.17, 15) is 13.2 Å². The van der Waals surface area contributed by atoms with E-state index in [-0.39, 0.29) is 22.6 Å². The van der Waals surface area contributed by atoms with Crippen molar-refractivity contribution in [3.63, 3.8) is 0 Å². The maximum Gasteiger partial charge on any atom is 0.240 e. The number of Topliss-reactive ketones (excluding diaryl/α,β-unsaturated/α-hetero) is 1. The first-order valence-corrected chi connectivity index (χ1v) is 8.47. The SMILES string of the molecule is CCOCC(NS(=O)(=O)c1ccc(C(C)=O)cc1)C(C)C. The summed E-state index contributed by atoms with van der Waals surface area (Å²) in [5.41, 5.74) is 0.490. The second kappa shape index (κ2) is 7.68. The van der Waals surface area contributed by atoms with Crippen LogP contribution in [0.5, 0.6) is 0 Å². The van der Waals surface area contributed by atoms with Crippen LogP contribution in [0.2, 0.25) is 0 Å². The summed E-state index contributed by atoms with van der Waals surface area (Å²) in [5.74, 6) is 0.0196. The van der Waals surface area contributed by atoms with Crippen molar-refractivity contribution in [3.05, 3.63) is 29.8 Å². The number of carbonyl (C=O) groups excluding carboxylic acids is 1. The highest BCUT2D eigenvalue weighted by Crippen LogP contribution is 2.13. The third kappa shape index (κ3) is 5.22. The second-order valence-corrected chi connectivity index (χ2v) is 6.93. The van der Waals surface area contributed by atoms with E-state index in [0.29, 0.717) is 18.8 Å². The molecule has 1 unspecified atom stereocenters. The molecule has 1 rings (SSSR count). The molecule has 0 amide bonds. The fraction of sp³-hybridized carbons (Fsp3) is 0.533. The molecule has 0 aliphatic carbocycles. The first kappa shape index (κ1) is 17.8. The van der Waals surface area contributed by atoms with Gasteiger partial charge in [0.15, 0.2) is 5.78 Å². The van der Waals surface area contributed by atoms with E-state index in [0.717, 1.165) is 0 Å². The summed E-state index contributed by atoms with van der Waals surface area (Å²) >= 11 is 0. The minimum atomic E-state index is -3.62. The predicted molar refractivity (Wildman–Crippen MR) is 81.9 cm³/mol. The molecule has 0 saturated heterocycles. The zero-order chi connectivity index (χ0) is 16.0. The Morgan fingerprint density at radius 1 is 1.24 bits per heavy atom. The molecule has 1 N–H and O–H groups in total. The largest absolute Gasteiger partial charge is 0.380 e. The summed E-state index contributed by atoms with van der Waals surface area (Å²) in [5, 5.41) is 0. The number of carbonyl (C=O) groups is 1. The maximum atomic E-state index is 12.3. The van der Waals surface area contributed by atoms with Crippen LogP contribution in [-0.4, -0.2) is 33.5 Å². The molecule has 21 heavy (non-hydrogen) atoms. The average Bonchev–Trinajstić information content (AvgIpc) is 2.43. The van der Waals surface area contributed by atoms with Gasteiger partial charge in [0.05, 0.1) is 11.5 Å². The van der Waals surface area contributed by atoms with Crippen molar-refractivity contribution in [1.29, 1.82) is 0 Å². The Balaban J connectivity index is 2.90. The molecule has 1 aromatic carbocycles. The Labute approximate surface area is 126 Å². The molecular formula is C15H23NO4S. The molecule has 0 aliphatic heterocycles. The maximum absolute atomic E-state index is 12.3. The molecular weight excluding hydrogens is 290 g/mol. The first-order chi connectivity index (χ1) is 9.77. The van der Waals surface area contributed by atoms with Gasteiger partial charge >= 0.3 is 0 Å². The Hall–Kier alpha value is -1.24. The van der Waals surface area contributed by atoms with Gasteiger partial charge < -0.3 is 4.74 Å². The lowest BCUT2D eigenvalue weighted by atomic mass is 10.1. The molecule has 0 aromatic heterocycles. The fourth-order valence-electron chi connectivity index (χ4n) is 1.74. The molecule has 0 radical (unpaired) electrons. The predicted octanol–water partition coefficient (Wildman–Crippen LogP) is 2.23. The lowest BCUT2D eigenvalue weighted by molar-refractivity contribution is 0.101. The third-order valence-corrected chi connectivity index (χ3v) is 4.69. The quantitative estimate of drug-likeness (QED) is 0.747. The smallest absolute Gasteiger partial charge is 0.240 e. The number of ether oxygens (including phenoxy) is 1. The normalized spacial score (nSPS) is 13.4. The molecule has 1 atom stereocenters. The standard InChI is InChI=1S/C15H23NO4S/c1-5-20-10-15(11(2)3)16-21(18,19)14-8-6-13(7-9-14)12(4)17/h6-9,11,15-16H,5,10H2,1-4H3. The van der Waals surface area contributed by atoms with E-state index in [1.807, 2.05) is 20.8 Å². The highest BCUT2D eigenvalue weighted by molar-refractivity contribution is 7.89. The number of benzene rings is 1. The van der Waals surface area contributed by atoms with Gasteiger partial charge in [-0.1, -0.05) is 26.0 Å². The second-order valence-electron chi connectivity index (χ2n) is 5.21. The van der Waals surface area contributed by atoms with Gasteiger partial charge in [0, 0.05) is 18.2 Å². The summed E-state index contributed by atoms with van der Waals surface area (Å²) in [4.78, 5) is 11.4. The van der Waals surface area contributed by atoms with E-state index in [2.05, 4.69) is 4.72 Å². The van der Waals surface area contributed by atoms with E-state index >= 15 is 0 Å². The van der Waals surface area contributed by atoms with Crippen LogP contribution in [0.4, 0.5) is 0 Å². The van der Waals surface area contributed by atoms with Crippen molar-refractivity contribution >= 4 is 15.8 Å². The molecule has 5 nitrogen and oxygen atoms in total. The molecule has 118 valence electrons. The summed E-state index contributed by atoms with van der Waals surface area (Å²) in [6, 6.07) is 5.63. The van der Waals surface area contributed by atoms with Crippen LogP contribution in [0.25, 0.3) is 0 Å². The van der Waals surface area contributed by atoms with Crippen molar-refractivity contribution in [2.45, 2.75) is 38.6 Å². The monoisotopic (exact) mass is 313 g/mol. The van der Waals surface area contributed by atoms with E-state index in [1.165, 1.54) is 31.2 Å². The van der Waals surface area contributed by atoms with Gasteiger partial charge in [-0.05, 0) is 31.9 Å². The van der Waals surface area contributed by atoms with Crippen LogP contribution in [0.1, 0.15) is 38.1 Å².